The monoisotopic (exact) mass is 265 g/mol. The number of amides is 2. The molecule has 0 spiro atoms. The van der Waals surface area contributed by atoms with Gasteiger partial charge in [0.1, 0.15) is 5.82 Å². The van der Waals surface area contributed by atoms with Crippen molar-refractivity contribution < 1.29 is 9.18 Å². The molecule has 4 nitrogen and oxygen atoms in total. The molecule has 0 aliphatic carbocycles. The SMILES string of the molecule is CNC(C)(C)CN1CC(c2ccc(F)cc2)NC1=O. The molecule has 2 N–H and O–H groups in total. The van der Waals surface area contributed by atoms with Crippen molar-refractivity contribution >= 4 is 6.03 Å². The molecule has 0 radical (unpaired) electrons. The van der Waals surface area contributed by atoms with E-state index in [9.17, 15) is 9.18 Å². The van der Waals surface area contributed by atoms with Crippen molar-refractivity contribution in [1.29, 1.82) is 0 Å². The van der Waals surface area contributed by atoms with Gasteiger partial charge in [0.2, 0.25) is 0 Å². The summed E-state index contributed by atoms with van der Waals surface area (Å²) in [4.78, 5) is 13.7. The zero-order valence-corrected chi connectivity index (χ0v) is 11.5. The van der Waals surface area contributed by atoms with Crippen LogP contribution in [-0.4, -0.2) is 36.6 Å². The molecule has 104 valence electrons. The summed E-state index contributed by atoms with van der Waals surface area (Å²) >= 11 is 0. The number of hydrogen-bond acceptors (Lipinski definition) is 2. The normalized spacial score (nSPS) is 19.7. The average molecular weight is 265 g/mol. The number of benzene rings is 1. The molecule has 2 amide bonds. The van der Waals surface area contributed by atoms with Crippen LogP contribution in [0, 0.1) is 5.82 Å². The maximum absolute atomic E-state index is 12.9. The van der Waals surface area contributed by atoms with Crippen molar-refractivity contribution in [2.75, 3.05) is 20.1 Å². The summed E-state index contributed by atoms with van der Waals surface area (Å²) < 4.78 is 12.9. The number of carbonyl (C=O) groups excluding carboxylic acids is 1. The Morgan fingerprint density at radius 3 is 2.63 bits per heavy atom. The minimum Gasteiger partial charge on any atom is -0.329 e. The summed E-state index contributed by atoms with van der Waals surface area (Å²) in [5.74, 6) is -0.263. The zero-order valence-electron chi connectivity index (χ0n) is 11.5. The predicted octanol–water partition coefficient (Wildman–Crippen LogP) is 1.89. The molecular weight excluding hydrogens is 245 g/mol. The van der Waals surface area contributed by atoms with Crippen LogP contribution < -0.4 is 10.6 Å². The third-order valence-electron chi connectivity index (χ3n) is 3.52. The fraction of sp³-hybridized carbons (Fsp3) is 0.500. The highest BCUT2D eigenvalue weighted by Gasteiger charge is 2.32. The average Bonchev–Trinajstić information content (AvgIpc) is 2.71. The van der Waals surface area contributed by atoms with Crippen molar-refractivity contribution in [3.63, 3.8) is 0 Å². The van der Waals surface area contributed by atoms with Gasteiger partial charge in [-0.1, -0.05) is 12.1 Å². The number of urea groups is 1. The molecule has 1 heterocycles. The number of likely N-dealkylation sites (N-methyl/N-ethyl adjacent to an activating group) is 1. The van der Waals surface area contributed by atoms with Crippen LogP contribution in [0.4, 0.5) is 9.18 Å². The fourth-order valence-corrected chi connectivity index (χ4v) is 2.17. The smallest absolute Gasteiger partial charge is 0.318 e. The number of nitrogens with zero attached hydrogens (tertiary/aromatic N) is 1. The lowest BCUT2D eigenvalue weighted by molar-refractivity contribution is 0.201. The van der Waals surface area contributed by atoms with Crippen LogP contribution in [0.2, 0.25) is 0 Å². The first-order valence-corrected chi connectivity index (χ1v) is 6.41. The van der Waals surface area contributed by atoms with E-state index in [0.29, 0.717) is 13.1 Å². The summed E-state index contributed by atoms with van der Waals surface area (Å²) in [6.45, 7) is 5.33. The Morgan fingerprint density at radius 2 is 2.05 bits per heavy atom. The molecule has 1 saturated heterocycles. The first-order chi connectivity index (χ1) is 8.91. The Morgan fingerprint density at radius 1 is 1.42 bits per heavy atom. The molecule has 2 rings (SSSR count). The van der Waals surface area contributed by atoms with Crippen molar-refractivity contribution in [2.24, 2.45) is 0 Å². The van der Waals surface area contributed by atoms with Gasteiger partial charge in [0.25, 0.3) is 0 Å². The lowest BCUT2D eigenvalue weighted by Crippen LogP contribution is -2.48. The van der Waals surface area contributed by atoms with Crippen LogP contribution in [0.1, 0.15) is 25.5 Å². The van der Waals surface area contributed by atoms with Crippen molar-refractivity contribution in [3.8, 4) is 0 Å². The first kappa shape index (κ1) is 13.8. The van der Waals surface area contributed by atoms with Gasteiger partial charge in [-0.3, -0.25) is 0 Å². The van der Waals surface area contributed by atoms with E-state index in [0.717, 1.165) is 5.56 Å². The minimum atomic E-state index is -0.263. The van der Waals surface area contributed by atoms with Crippen LogP contribution in [0.5, 0.6) is 0 Å². The van der Waals surface area contributed by atoms with E-state index in [1.165, 1.54) is 12.1 Å². The quantitative estimate of drug-likeness (QED) is 0.873. The largest absolute Gasteiger partial charge is 0.329 e. The van der Waals surface area contributed by atoms with Crippen molar-refractivity contribution in [3.05, 3.63) is 35.6 Å². The van der Waals surface area contributed by atoms with E-state index in [4.69, 9.17) is 0 Å². The van der Waals surface area contributed by atoms with Gasteiger partial charge < -0.3 is 15.5 Å². The number of rotatable bonds is 4. The second-order valence-electron chi connectivity index (χ2n) is 5.57. The second kappa shape index (κ2) is 5.17. The molecule has 0 aromatic heterocycles. The van der Waals surface area contributed by atoms with E-state index in [2.05, 4.69) is 10.6 Å². The molecule has 1 fully saturated rings. The standard InChI is InChI=1S/C14H20FN3O/c1-14(2,16-3)9-18-8-12(17-13(18)19)10-4-6-11(15)7-5-10/h4-7,12,16H,8-9H2,1-3H3,(H,17,19). The summed E-state index contributed by atoms with van der Waals surface area (Å²) in [5.41, 5.74) is 0.800. The van der Waals surface area contributed by atoms with Gasteiger partial charge >= 0.3 is 6.03 Å². The number of nitrogens with one attached hydrogen (secondary N) is 2. The maximum atomic E-state index is 12.9. The van der Waals surface area contributed by atoms with Gasteiger partial charge in [-0.15, -0.1) is 0 Å². The Hall–Kier alpha value is -1.62. The second-order valence-corrected chi connectivity index (χ2v) is 5.57. The van der Waals surface area contributed by atoms with Gasteiger partial charge in [-0.2, -0.15) is 0 Å². The van der Waals surface area contributed by atoms with Gasteiger partial charge in [0.15, 0.2) is 0 Å². The first-order valence-electron chi connectivity index (χ1n) is 6.41. The topological polar surface area (TPSA) is 44.4 Å². The molecule has 1 aromatic rings. The van der Waals surface area contributed by atoms with Gasteiger partial charge in [-0.25, -0.2) is 9.18 Å². The Bertz CT molecular complexity index is 458. The summed E-state index contributed by atoms with van der Waals surface area (Å²) in [7, 11) is 1.88. The zero-order chi connectivity index (χ0) is 14.0. The highest BCUT2D eigenvalue weighted by atomic mass is 19.1. The predicted molar refractivity (Wildman–Crippen MR) is 72.4 cm³/mol. The highest BCUT2D eigenvalue weighted by Crippen LogP contribution is 2.21. The minimum absolute atomic E-state index is 0.0687. The summed E-state index contributed by atoms with van der Waals surface area (Å²) in [6, 6.07) is 6.13. The molecule has 1 unspecified atom stereocenters. The Kier molecular flexibility index (Phi) is 3.75. The van der Waals surface area contributed by atoms with E-state index >= 15 is 0 Å². The number of halogens is 1. The molecule has 5 heteroatoms. The van der Waals surface area contributed by atoms with E-state index in [1.807, 2.05) is 20.9 Å². The lowest BCUT2D eigenvalue weighted by atomic mass is 10.0. The molecule has 1 aromatic carbocycles. The fourth-order valence-electron chi connectivity index (χ4n) is 2.17. The maximum Gasteiger partial charge on any atom is 0.318 e. The van der Waals surface area contributed by atoms with Crippen LogP contribution in [-0.2, 0) is 0 Å². The van der Waals surface area contributed by atoms with E-state index in [1.54, 1.807) is 17.0 Å². The summed E-state index contributed by atoms with van der Waals surface area (Å²) in [5, 5.41) is 6.10. The Labute approximate surface area is 113 Å². The van der Waals surface area contributed by atoms with Crippen molar-refractivity contribution in [1.82, 2.24) is 15.5 Å². The lowest BCUT2D eigenvalue weighted by Gasteiger charge is -2.29. The molecule has 1 aliphatic rings. The molecule has 1 atom stereocenters. The molecular formula is C14H20FN3O. The molecule has 19 heavy (non-hydrogen) atoms. The van der Waals surface area contributed by atoms with E-state index in [-0.39, 0.29) is 23.4 Å². The van der Waals surface area contributed by atoms with Gasteiger partial charge in [-0.05, 0) is 38.6 Å². The van der Waals surface area contributed by atoms with Gasteiger partial charge in [0, 0.05) is 18.6 Å². The highest BCUT2D eigenvalue weighted by molar-refractivity contribution is 5.77. The molecule has 1 aliphatic heterocycles. The number of carbonyl (C=O) groups is 1. The van der Waals surface area contributed by atoms with Crippen molar-refractivity contribution in [2.45, 2.75) is 25.4 Å². The van der Waals surface area contributed by atoms with Crippen LogP contribution in [0.25, 0.3) is 0 Å². The Balaban J connectivity index is 2.05. The number of hydrogen-bond donors (Lipinski definition) is 2. The third-order valence-corrected chi connectivity index (χ3v) is 3.52. The van der Waals surface area contributed by atoms with Gasteiger partial charge in [0.05, 0.1) is 6.04 Å². The third kappa shape index (κ3) is 3.23. The van der Waals surface area contributed by atoms with Crippen LogP contribution >= 0.6 is 0 Å². The van der Waals surface area contributed by atoms with E-state index < -0.39 is 0 Å². The summed E-state index contributed by atoms with van der Waals surface area (Å²) in [6.07, 6.45) is 0. The molecule has 0 bridgehead atoms. The van der Waals surface area contributed by atoms with Crippen LogP contribution in [0.3, 0.4) is 0 Å². The molecule has 0 saturated carbocycles. The van der Waals surface area contributed by atoms with Crippen LogP contribution in [0.15, 0.2) is 24.3 Å².